The van der Waals surface area contributed by atoms with Crippen LogP contribution in [-0.2, 0) is 4.74 Å². The Bertz CT molecular complexity index is 1610. The van der Waals surface area contributed by atoms with Crippen molar-refractivity contribution in [1.29, 1.82) is 0 Å². The quantitative estimate of drug-likeness (QED) is 0.147. The Morgan fingerprint density at radius 2 is 1.37 bits per heavy atom. The highest BCUT2D eigenvalue weighted by atomic mass is 16.5. The van der Waals surface area contributed by atoms with E-state index in [0.29, 0.717) is 17.1 Å². The molecule has 35 heavy (non-hydrogen) atoms. The molecule has 3 aromatic carbocycles. The van der Waals surface area contributed by atoms with Crippen molar-refractivity contribution >= 4 is 33.0 Å². The number of fused-ring (bicyclic) bond motifs is 4. The highest BCUT2D eigenvalue weighted by molar-refractivity contribution is 6.02. The monoisotopic (exact) mass is 468 g/mol. The van der Waals surface area contributed by atoms with Crippen molar-refractivity contribution in [3.05, 3.63) is 78.1 Å². The molecule has 176 valence electrons. The average Bonchev–Trinajstić information content (AvgIpc) is 2.91. The minimum atomic E-state index is -0.362. The topological polar surface area (TPSA) is 58.1 Å². The number of rotatable bonds is 5. The zero-order valence-electron chi connectivity index (χ0n) is 20.3. The van der Waals surface area contributed by atoms with Crippen LogP contribution >= 0.6 is 0 Å². The minimum Gasteiger partial charge on any atom is -0.496 e. The van der Waals surface area contributed by atoms with Gasteiger partial charge in [0.25, 0.3) is 0 Å². The molecule has 0 saturated carbocycles. The molecule has 0 bridgehead atoms. The third-order valence-corrected chi connectivity index (χ3v) is 6.53. The van der Waals surface area contributed by atoms with E-state index in [0.717, 1.165) is 49.6 Å². The first-order valence-corrected chi connectivity index (χ1v) is 11.2. The smallest absolute Gasteiger partial charge is 0.337 e. The molecule has 2 heterocycles. The Labute approximate surface area is 203 Å². The van der Waals surface area contributed by atoms with Crippen molar-refractivity contribution in [3.8, 4) is 28.4 Å². The number of benzene rings is 3. The van der Waals surface area contributed by atoms with Gasteiger partial charge in [0.05, 0.1) is 44.8 Å². The lowest BCUT2D eigenvalue weighted by Crippen LogP contribution is -2.25. The zero-order chi connectivity index (χ0) is 24.7. The van der Waals surface area contributed by atoms with Crippen LogP contribution in [0.5, 0.6) is 17.2 Å². The summed E-state index contributed by atoms with van der Waals surface area (Å²) in [7, 11) is 6.34. The van der Waals surface area contributed by atoms with E-state index in [-0.39, 0.29) is 5.97 Å². The number of esters is 1. The van der Waals surface area contributed by atoms with Crippen LogP contribution in [-0.4, -0.2) is 34.4 Å². The highest BCUT2D eigenvalue weighted by Gasteiger charge is 2.19. The predicted molar refractivity (Wildman–Crippen MR) is 136 cm³/mol. The molecule has 0 atom stereocenters. The molecule has 0 radical (unpaired) electrons. The van der Waals surface area contributed by atoms with E-state index >= 15 is 0 Å². The van der Waals surface area contributed by atoms with Crippen LogP contribution in [0.1, 0.15) is 16.1 Å². The number of carbonyl (C=O) groups is 1. The van der Waals surface area contributed by atoms with E-state index in [4.69, 9.17) is 18.9 Å². The Kier molecular flexibility index (Phi) is 5.65. The molecule has 0 aliphatic carbocycles. The number of aromatic nitrogens is 1. The van der Waals surface area contributed by atoms with Crippen LogP contribution in [0.25, 0.3) is 38.2 Å². The summed E-state index contributed by atoms with van der Waals surface area (Å²) < 4.78 is 23.8. The molecular formula is C29H26NO5+. The van der Waals surface area contributed by atoms with Gasteiger partial charge in [-0.2, -0.15) is 4.40 Å². The zero-order valence-corrected chi connectivity index (χ0v) is 20.3. The Morgan fingerprint density at radius 3 is 2.03 bits per heavy atom. The number of ether oxygens (including phenoxy) is 4. The molecule has 0 N–H and O–H groups in total. The van der Waals surface area contributed by atoms with E-state index < -0.39 is 0 Å². The maximum absolute atomic E-state index is 11.9. The van der Waals surface area contributed by atoms with Gasteiger partial charge in [-0.1, -0.05) is 12.1 Å². The van der Waals surface area contributed by atoms with Gasteiger partial charge in [-0.25, -0.2) is 4.79 Å². The molecule has 6 nitrogen and oxygen atoms in total. The van der Waals surface area contributed by atoms with E-state index in [9.17, 15) is 4.79 Å². The second-order valence-electron chi connectivity index (χ2n) is 8.30. The molecule has 5 aromatic rings. The van der Waals surface area contributed by atoms with Gasteiger partial charge in [-0.3, -0.25) is 0 Å². The fourth-order valence-electron chi connectivity index (χ4n) is 4.66. The maximum Gasteiger partial charge on any atom is 0.337 e. The van der Waals surface area contributed by atoms with E-state index in [1.807, 2.05) is 30.3 Å². The van der Waals surface area contributed by atoms with Gasteiger partial charge in [-0.05, 0) is 52.7 Å². The molecule has 0 saturated heterocycles. The van der Waals surface area contributed by atoms with Crippen LogP contribution in [0.4, 0.5) is 0 Å². The predicted octanol–water partition coefficient (Wildman–Crippen LogP) is 5.52. The van der Waals surface area contributed by atoms with E-state index in [1.165, 1.54) is 7.11 Å². The number of nitrogens with zero attached hydrogens (tertiary/aromatic N) is 1. The number of carbonyl (C=O) groups excluding carboxylic acids is 1. The summed E-state index contributed by atoms with van der Waals surface area (Å²) in [5.74, 6) is 1.79. The summed E-state index contributed by atoms with van der Waals surface area (Å²) in [5.41, 5.74) is 4.55. The van der Waals surface area contributed by atoms with Crippen LogP contribution in [0.3, 0.4) is 0 Å². The average molecular weight is 469 g/mol. The first-order valence-electron chi connectivity index (χ1n) is 11.2. The first-order chi connectivity index (χ1) is 17.0. The van der Waals surface area contributed by atoms with Crippen LogP contribution in [0, 0.1) is 6.92 Å². The molecule has 0 amide bonds. The van der Waals surface area contributed by atoms with Crippen molar-refractivity contribution in [2.45, 2.75) is 6.92 Å². The van der Waals surface area contributed by atoms with Gasteiger partial charge in [0, 0.05) is 24.6 Å². The molecule has 0 fully saturated rings. The van der Waals surface area contributed by atoms with Crippen molar-refractivity contribution < 1.29 is 28.1 Å². The summed E-state index contributed by atoms with van der Waals surface area (Å²) in [6, 6.07) is 19.8. The molecule has 0 aliphatic rings. The van der Waals surface area contributed by atoms with Crippen LogP contribution < -0.4 is 18.6 Å². The molecule has 0 spiro atoms. The molecule has 2 aromatic heterocycles. The number of aryl methyl sites for hydroxylation is 1. The largest absolute Gasteiger partial charge is 0.496 e. The van der Waals surface area contributed by atoms with E-state index in [1.54, 1.807) is 33.5 Å². The standard InChI is InChI=1S/C29H26NO5/c1-17-22-16-28(34-4)27(33-3)14-21(22)12-25-23-15-24(18-6-8-19(9-7-18)29(31)35-5)26(32-2)13-20(23)10-11-30(17)25/h6-16H,1-5H3/q+1. The molecule has 0 aliphatic heterocycles. The van der Waals surface area contributed by atoms with Crippen LogP contribution in [0.2, 0.25) is 0 Å². The third-order valence-electron chi connectivity index (χ3n) is 6.53. The molecule has 0 unspecified atom stereocenters. The Morgan fingerprint density at radius 1 is 0.714 bits per heavy atom. The molecule has 5 rings (SSSR count). The second kappa shape index (κ2) is 8.80. The van der Waals surface area contributed by atoms with E-state index in [2.05, 4.69) is 35.7 Å². The van der Waals surface area contributed by atoms with Gasteiger partial charge < -0.3 is 18.9 Å². The second-order valence-corrected chi connectivity index (χ2v) is 8.30. The lowest BCUT2D eigenvalue weighted by atomic mass is 9.98. The van der Waals surface area contributed by atoms with Crippen molar-refractivity contribution in [1.82, 2.24) is 0 Å². The summed E-state index contributed by atoms with van der Waals surface area (Å²) >= 11 is 0. The summed E-state index contributed by atoms with van der Waals surface area (Å²) in [4.78, 5) is 11.9. The Hall–Kier alpha value is -4.32. The number of hydrogen-bond acceptors (Lipinski definition) is 5. The van der Waals surface area contributed by atoms with Crippen molar-refractivity contribution in [2.24, 2.45) is 0 Å². The summed E-state index contributed by atoms with van der Waals surface area (Å²) in [6.45, 7) is 2.10. The fraction of sp³-hybridized carbons (Fsp3) is 0.172. The SMILES string of the molecule is COC(=O)c1ccc(-c2cc3c(cc[n+]4c(C)c5cc(OC)c(OC)cc5cc34)cc2OC)cc1. The van der Waals surface area contributed by atoms with Gasteiger partial charge >= 0.3 is 5.97 Å². The summed E-state index contributed by atoms with van der Waals surface area (Å²) in [5, 5.41) is 4.30. The van der Waals surface area contributed by atoms with Gasteiger partial charge in [0.2, 0.25) is 5.52 Å². The lowest BCUT2D eigenvalue weighted by molar-refractivity contribution is -0.516. The first kappa shape index (κ1) is 22.5. The number of pyridine rings is 2. The van der Waals surface area contributed by atoms with Gasteiger partial charge in [0.15, 0.2) is 23.4 Å². The molecule has 6 heteroatoms. The van der Waals surface area contributed by atoms with Crippen molar-refractivity contribution in [3.63, 3.8) is 0 Å². The minimum absolute atomic E-state index is 0.362. The Balaban J connectivity index is 1.78. The fourth-order valence-corrected chi connectivity index (χ4v) is 4.66. The molecular weight excluding hydrogens is 442 g/mol. The van der Waals surface area contributed by atoms with Crippen LogP contribution in [0.15, 0.2) is 66.9 Å². The van der Waals surface area contributed by atoms with Gasteiger partial charge in [0.1, 0.15) is 5.75 Å². The maximum atomic E-state index is 11.9. The number of hydrogen-bond donors (Lipinski definition) is 0. The van der Waals surface area contributed by atoms with Crippen molar-refractivity contribution in [2.75, 3.05) is 28.4 Å². The lowest BCUT2D eigenvalue weighted by Gasteiger charge is -2.13. The summed E-state index contributed by atoms with van der Waals surface area (Å²) in [6.07, 6.45) is 2.08. The third kappa shape index (κ3) is 3.67. The normalized spacial score (nSPS) is 11.1. The highest BCUT2D eigenvalue weighted by Crippen LogP contribution is 2.37. The number of methoxy groups -OCH3 is 4. The van der Waals surface area contributed by atoms with Gasteiger partial charge in [-0.15, -0.1) is 0 Å².